The highest BCUT2D eigenvalue weighted by Crippen LogP contribution is 2.34. The molecule has 2 aromatic rings. The molecule has 0 aromatic carbocycles. The summed E-state index contributed by atoms with van der Waals surface area (Å²) >= 11 is 3.55. The summed E-state index contributed by atoms with van der Waals surface area (Å²) in [6.07, 6.45) is 2.78. The van der Waals surface area contributed by atoms with Crippen LogP contribution in [0.25, 0.3) is 10.6 Å². The number of aryl methyl sites for hydroxylation is 1. The molecule has 2 aliphatic rings. The molecule has 0 radical (unpaired) electrons. The maximum atomic E-state index is 6.04. The minimum atomic E-state index is 0.171. The van der Waals surface area contributed by atoms with Crippen LogP contribution >= 0.6 is 22.7 Å². The SMILES string of the molecule is Cc1ccc(-c2csc([C@@H]3CN4CCC[C@@H]4CO3)n2)s1. The highest BCUT2D eigenvalue weighted by atomic mass is 32.1. The summed E-state index contributed by atoms with van der Waals surface area (Å²) in [7, 11) is 0. The van der Waals surface area contributed by atoms with E-state index in [9.17, 15) is 0 Å². The lowest BCUT2D eigenvalue weighted by molar-refractivity contribution is -0.0502. The smallest absolute Gasteiger partial charge is 0.124 e. The second-order valence-electron chi connectivity index (χ2n) is 5.59. The van der Waals surface area contributed by atoms with Gasteiger partial charge in [0.25, 0.3) is 0 Å². The number of fused-ring (bicyclic) bond motifs is 1. The van der Waals surface area contributed by atoms with Gasteiger partial charge in [-0.1, -0.05) is 0 Å². The number of hydrogen-bond donors (Lipinski definition) is 0. The molecule has 2 saturated heterocycles. The topological polar surface area (TPSA) is 25.4 Å². The zero-order valence-electron chi connectivity index (χ0n) is 11.5. The fourth-order valence-corrected chi connectivity index (χ4v) is 4.85. The van der Waals surface area contributed by atoms with Crippen molar-refractivity contribution in [2.45, 2.75) is 31.9 Å². The summed E-state index contributed by atoms with van der Waals surface area (Å²) in [6.45, 7) is 5.25. The number of nitrogens with zero attached hydrogens (tertiary/aromatic N) is 2. The number of morpholine rings is 1. The molecule has 2 atom stereocenters. The summed E-state index contributed by atoms with van der Waals surface area (Å²) in [5, 5.41) is 3.30. The van der Waals surface area contributed by atoms with Crippen LogP contribution in [-0.4, -0.2) is 35.6 Å². The lowest BCUT2D eigenvalue weighted by atomic mass is 10.2. The standard InChI is InChI=1S/C15H18N2OS2/c1-10-4-5-14(20-10)12-9-19-15(16-12)13-7-17-6-2-3-11(17)8-18-13/h4-5,9,11,13H,2-3,6-8H2,1H3/t11-,13+/m1/s1. The minimum absolute atomic E-state index is 0.171. The molecule has 0 amide bonds. The average molecular weight is 306 g/mol. The Hall–Kier alpha value is -0.750. The van der Waals surface area contributed by atoms with Crippen LogP contribution in [0, 0.1) is 6.92 Å². The van der Waals surface area contributed by atoms with Crippen molar-refractivity contribution in [2.75, 3.05) is 19.7 Å². The van der Waals surface area contributed by atoms with Crippen LogP contribution in [0.3, 0.4) is 0 Å². The monoisotopic (exact) mass is 306 g/mol. The zero-order chi connectivity index (χ0) is 13.5. The number of aromatic nitrogens is 1. The van der Waals surface area contributed by atoms with Crippen molar-refractivity contribution in [3.05, 3.63) is 27.4 Å². The molecule has 4 rings (SSSR count). The van der Waals surface area contributed by atoms with Crippen LogP contribution in [0.2, 0.25) is 0 Å². The predicted octanol–water partition coefficient (Wildman–Crippen LogP) is 3.72. The van der Waals surface area contributed by atoms with Crippen LogP contribution in [0.1, 0.15) is 28.8 Å². The van der Waals surface area contributed by atoms with Crippen molar-refractivity contribution >= 4 is 22.7 Å². The predicted molar refractivity (Wildman–Crippen MR) is 83.5 cm³/mol. The Morgan fingerprint density at radius 3 is 3.20 bits per heavy atom. The molecule has 5 heteroatoms. The first kappa shape index (κ1) is 13.0. The van der Waals surface area contributed by atoms with E-state index < -0.39 is 0 Å². The Bertz CT molecular complexity index is 607. The minimum Gasteiger partial charge on any atom is -0.368 e. The highest BCUT2D eigenvalue weighted by Gasteiger charge is 2.34. The molecule has 4 heterocycles. The van der Waals surface area contributed by atoms with Gasteiger partial charge in [-0.15, -0.1) is 22.7 Å². The molecule has 3 nitrogen and oxygen atoms in total. The summed E-state index contributed by atoms with van der Waals surface area (Å²) in [6, 6.07) is 4.98. The van der Waals surface area contributed by atoms with Crippen molar-refractivity contribution in [1.29, 1.82) is 0 Å². The van der Waals surface area contributed by atoms with Crippen LogP contribution in [0.4, 0.5) is 0 Å². The first-order valence-electron chi connectivity index (χ1n) is 7.17. The van der Waals surface area contributed by atoms with Crippen LogP contribution < -0.4 is 0 Å². The number of rotatable bonds is 2. The van der Waals surface area contributed by atoms with Gasteiger partial charge in [-0.3, -0.25) is 4.90 Å². The molecule has 0 spiro atoms. The normalized spacial score (nSPS) is 26.9. The van der Waals surface area contributed by atoms with Gasteiger partial charge in [-0.25, -0.2) is 4.98 Å². The number of hydrogen-bond acceptors (Lipinski definition) is 5. The van der Waals surface area contributed by atoms with Gasteiger partial charge in [0.1, 0.15) is 11.1 Å². The molecule has 2 aliphatic heterocycles. The molecule has 106 valence electrons. The number of ether oxygens (including phenoxy) is 1. The van der Waals surface area contributed by atoms with Crippen LogP contribution in [0.15, 0.2) is 17.5 Å². The van der Waals surface area contributed by atoms with Gasteiger partial charge >= 0.3 is 0 Å². The van der Waals surface area contributed by atoms with Gasteiger partial charge in [0.2, 0.25) is 0 Å². The van der Waals surface area contributed by atoms with Crippen molar-refractivity contribution in [3.63, 3.8) is 0 Å². The molecule has 2 fully saturated rings. The fourth-order valence-electron chi connectivity index (χ4n) is 3.09. The van der Waals surface area contributed by atoms with Gasteiger partial charge < -0.3 is 4.74 Å². The third-order valence-corrected chi connectivity index (χ3v) is 6.14. The third-order valence-electron chi connectivity index (χ3n) is 4.18. The van der Waals surface area contributed by atoms with Gasteiger partial charge in [0.15, 0.2) is 0 Å². The lowest BCUT2D eigenvalue weighted by Gasteiger charge is -2.34. The van der Waals surface area contributed by atoms with Gasteiger partial charge in [-0.2, -0.15) is 0 Å². The van der Waals surface area contributed by atoms with Gasteiger partial charge in [0.05, 0.1) is 17.2 Å². The van der Waals surface area contributed by atoms with E-state index in [0.717, 1.165) is 23.9 Å². The molecule has 0 aliphatic carbocycles. The third kappa shape index (κ3) is 2.33. The van der Waals surface area contributed by atoms with Crippen molar-refractivity contribution < 1.29 is 4.74 Å². The zero-order valence-corrected chi connectivity index (χ0v) is 13.2. The number of thiazole rings is 1. The Morgan fingerprint density at radius 1 is 1.40 bits per heavy atom. The first-order chi connectivity index (χ1) is 9.79. The Labute approximate surface area is 127 Å². The molecule has 2 aromatic heterocycles. The lowest BCUT2D eigenvalue weighted by Crippen LogP contribution is -2.42. The van der Waals surface area contributed by atoms with Crippen LogP contribution in [0.5, 0.6) is 0 Å². The summed E-state index contributed by atoms with van der Waals surface area (Å²) in [5.41, 5.74) is 1.11. The van der Waals surface area contributed by atoms with E-state index in [0.29, 0.717) is 6.04 Å². The molecular formula is C15H18N2OS2. The summed E-state index contributed by atoms with van der Waals surface area (Å²) < 4.78 is 6.04. The highest BCUT2D eigenvalue weighted by molar-refractivity contribution is 7.16. The quantitative estimate of drug-likeness (QED) is 0.845. The van der Waals surface area contributed by atoms with Crippen LogP contribution in [-0.2, 0) is 4.74 Å². The molecule has 0 bridgehead atoms. The molecular weight excluding hydrogens is 288 g/mol. The largest absolute Gasteiger partial charge is 0.368 e. The second kappa shape index (κ2) is 5.22. The Kier molecular flexibility index (Phi) is 3.38. The number of thiophene rings is 1. The summed E-state index contributed by atoms with van der Waals surface area (Å²) in [5.74, 6) is 0. The van der Waals surface area contributed by atoms with E-state index in [1.165, 1.54) is 29.1 Å². The van der Waals surface area contributed by atoms with E-state index in [-0.39, 0.29) is 6.10 Å². The van der Waals surface area contributed by atoms with Crippen molar-refractivity contribution in [3.8, 4) is 10.6 Å². The average Bonchev–Trinajstić information content (AvgIpc) is 3.17. The maximum absolute atomic E-state index is 6.04. The molecule has 20 heavy (non-hydrogen) atoms. The van der Waals surface area contributed by atoms with E-state index in [1.807, 2.05) is 11.3 Å². The first-order valence-corrected chi connectivity index (χ1v) is 8.87. The molecule has 0 N–H and O–H groups in total. The molecule has 0 unspecified atom stereocenters. The summed E-state index contributed by atoms with van der Waals surface area (Å²) in [4.78, 5) is 9.98. The van der Waals surface area contributed by atoms with E-state index in [4.69, 9.17) is 9.72 Å². The van der Waals surface area contributed by atoms with E-state index in [1.54, 1.807) is 11.3 Å². The second-order valence-corrected chi connectivity index (χ2v) is 7.77. The molecule has 0 saturated carbocycles. The fraction of sp³-hybridized carbons (Fsp3) is 0.533. The van der Waals surface area contributed by atoms with E-state index >= 15 is 0 Å². The van der Waals surface area contributed by atoms with Gasteiger partial charge in [-0.05, 0) is 38.4 Å². The Balaban J connectivity index is 1.53. The van der Waals surface area contributed by atoms with Crippen molar-refractivity contribution in [1.82, 2.24) is 9.88 Å². The van der Waals surface area contributed by atoms with Gasteiger partial charge in [0, 0.05) is 22.8 Å². The maximum Gasteiger partial charge on any atom is 0.124 e. The van der Waals surface area contributed by atoms with Crippen molar-refractivity contribution in [2.24, 2.45) is 0 Å². The Morgan fingerprint density at radius 2 is 2.35 bits per heavy atom. The van der Waals surface area contributed by atoms with E-state index in [2.05, 4.69) is 29.3 Å².